The molecule has 3 saturated heterocycles. The minimum Gasteiger partial charge on any atom is -0.342 e. The Labute approximate surface area is 164 Å². The van der Waals surface area contributed by atoms with Crippen LogP contribution in [-0.4, -0.2) is 71.7 Å². The summed E-state index contributed by atoms with van der Waals surface area (Å²) in [7, 11) is 0. The van der Waals surface area contributed by atoms with Gasteiger partial charge in [-0.05, 0) is 37.6 Å². The number of likely N-dealkylation sites (tertiary alicyclic amines) is 3. The van der Waals surface area contributed by atoms with Crippen molar-refractivity contribution >= 4 is 29.1 Å². The monoisotopic (exact) mass is 389 g/mol. The summed E-state index contributed by atoms with van der Waals surface area (Å²) < 4.78 is 0. The highest BCUT2D eigenvalue weighted by Crippen LogP contribution is 2.57. The molecule has 0 radical (unpaired) electrons. The molecule has 0 N–H and O–H groups in total. The third-order valence-electron chi connectivity index (χ3n) is 7.04. The molecule has 1 aromatic rings. The lowest BCUT2D eigenvalue weighted by molar-refractivity contribution is -0.141. The van der Waals surface area contributed by atoms with Crippen molar-refractivity contribution in [3.8, 4) is 0 Å². The van der Waals surface area contributed by atoms with Gasteiger partial charge in [0.15, 0.2) is 0 Å². The number of nitrogens with zero attached hydrogens (tertiary/aromatic N) is 3. The Morgan fingerprint density at radius 3 is 2.41 bits per heavy atom. The lowest BCUT2D eigenvalue weighted by Crippen LogP contribution is -2.53. The summed E-state index contributed by atoms with van der Waals surface area (Å²) in [6.07, 6.45) is 2.40. The second-order valence-electron chi connectivity index (χ2n) is 8.14. The summed E-state index contributed by atoms with van der Waals surface area (Å²) in [5.74, 6) is 0.348. The van der Waals surface area contributed by atoms with Crippen molar-refractivity contribution < 1.29 is 14.4 Å². The summed E-state index contributed by atoms with van der Waals surface area (Å²) in [6.45, 7) is 7.61. The predicted octanol–water partition coefficient (Wildman–Crippen LogP) is 2.07. The van der Waals surface area contributed by atoms with Crippen LogP contribution in [0.25, 0.3) is 0 Å². The first-order valence-electron chi connectivity index (χ1n) is 9.80. The van der Waals surface area contributed by atoms with Gasteiger partial charge in [0.25, 0.3) is 5.91 Å². The SMILES string of the molecule is CCN1CC[C@@]2(CN(C(C)=O)CC23CCN(C(=O)c2cccs2)CC3)C1=O. The fraction of sp³-hybridized carbons (Fsp3) is 0.650. The topological polar surface area (TPSA) is 60.9 Å². The number of amides is 3. The van der Waals surface area contributed by atoms with Gasteiger partial charge < -0.3 is 14.7 Å². The molecule has 7 heteroatoms. The van der Waals surface area contributed by atoms with Gasteiger partial charge in [-0.1, -0.05) is 6.07 Å². The van der Waals surface area contributed by atoms with E-state index in [0.717, 1.165) is 37.2 Å². The number of rotatable bonds is 2. The molecular weight excluding hydrogens is 362 g/mol. The molecular formula is C20H27N3O3S. The van der Waals surface area contributed by atoms with E-state index in [9.17, 15) is 14.4 Å². The van der Waals surface area contributed by atoms with Crippen LogP contribution < -0.4 is 0 Å². The van der Waals surface area contributed by atoms with Crippen molar-refractivity contribution in [3.05, 3.63) is 22.4 Å². The van der Waals surface area contributed by atoms with E-state index >= 15 is 0 Å². The first-order valence-corrected chi connectivity index (χ1v) is 10.7. The quantitative estimate of drug-likeness (QED) is 0.778. The fourth-order valence-corrected chi connectivity index (χ4v) is 6.09. The Morgan fingerprint density at radius 1 is 1.11 bits per heavy atom. The minimum absolute atomic E-state index is 0.0473. The zero-order valence-corrected chi connectivity index (χ0v) is 16.9. The zero-order chi connectivity index (χ0) is 19.2. The Bertz CT molecular complexity index is 755. The molecule has 3 aliphatic rings. The molecule has 3 amide bonds. The molecule has 2 spiro atoms. The van der Waals surface area contributed by atoms with E-state index in [0.29, 0.717) is 26.2 Å². The lowest BCUT2D eigenvalue weighted by atomic mass is 9.60. The molecule has 0 bridgehead atoms. The molecule has 146 valence electrons. The van der Waals surface area contributed by atoms with Crippen molar-refractivity contribution in [2.45, 2.75) is 33.1 Å². The van der Waals surface area contributed by atoms with Gasteiger partial charge in [-0.25, -0.2) is 0 Å². The molecule has 0 unspecified atom stereocenters. The van der Waals surface area contributed by atoms with E-state index in [1.54, 1.807) is 6.92 Å². The molecule has 0 saturated carbocycles. The van der Waals surface area contributed by atoms with Gasteiger partial charge in [-0.15, -0.1) is 11.3 Å². The average molecular weight is 390 g/mol. The standard InChI is InChI=1S/C20H27N3O3S/c1-3-21-11-8-20(18(21)26)14-23(15(2)24)13-19(20)6-9-22(10-7-19)17(25)16-5-4-12-27-16/h4-5,12H,3,6-11,13-14H2,1-2H3/t20-/m1/s1. The maximum Gasteiger partial charge on any atom is 0.263 e. The largest absolute Gasteiger partial charge is 0.342 e. The van der Waals surface area contributed by atoms with Crippen LogP contribution in [0.4, 0.5) is 0 Å². The maximum atomic E-state index is 13.3. The Balaban J connectivity index is 1.58. The highest BCUT2D eigenvalue weighted by molar-refractivity contribution is 7.12. The number of piperidine rings is 1. The minimum atomic E-state index is -0.466. The van der Waals surface area contributed by atoms with Crippen LogP contribution in [0.1, 0.15) is 42.8 Å². The molecule has 3 aliphatic heterocycles. The van der Waals surface area contributed by atoms with Gasteiger partial charge >= 0.3 is 0 Å². The van der Waals surface area contributed by atoms with Crippen molar-refractivity contribution in [2.24, 2.45) is 10.8 Å². The van der Waals surface area contributed by atoms with E-state index in [1.165, 1.54) is 11.3 Å². The van der Waals surface area contributed by atoms with Crippen molar-refractivity contribution in [1.29, 1.82) is 0 Å². The van der Waals surface area contributed by atoms with Crippen LogP contribution in [0, 0.1) is 10.8 Å². The van der Waals surface area contributed by atoms with Crippen LogP contribution in [-0.2, 0) is 9.59 Å². The summed E-state index contributed by atoms with van der Waals surface area (Å²) >= 11 is 1.47. The van der Waals surface area contributed by atoms with Gasteiger partial charge in [0.05, 0.1) is 10.3 Å². The lowest BCUT2D eigenvalue weighted by Gasteiger charge is -2.46. The fourth-order valence-electron chi connectivity index (χ4n) is 5.40. The van der Waals surface area contributed by atoms with Crippen LogP contribution >= 0.6 is 11.3 Å². The number of carbonyl (C=O) groups is 3. The second kappa shape index (κ2) is 6.62. The molecule has 0 aromatic carbocycles. The molecule has 0 aliphatic carbocycles. The van der Waals surface area contributed by atoms with Crippen molar-refractivity contribution in [3.63, 3.8) is 0 Å². The molecule has 3 fully saturated rings. The van der Waals surface area contributed by atoms with Gasteiger partial charge in [0.1, 0.15) is 0 Å². The molecule has 6 nitrogen and oxygen atoms in total. The number of thiophene rings is 1. The molecule has 4 heterocycles. The van der Waals surface area contributed by atoms with Crippen LogP contribution in [0.15, 0.2) is 17.5 Å². The number of fused-ring (bicyclic) bond motifs is 1. The highest BCUT2D eigenvalue weighted by atomic mass is 32.1. The summed E-state index contributed by atoms with van der Waals surface area (Å²) in [4.78, 5) is 44.7. The maximum absolute atomic E-state index is 13.3. The Kier molecular flexibility index (Phi) is 4.53. The summed E-state index contributed by atoms with van der Waals surface area (Å²) in [5.41, 5.74) is -0.668. The Morgan fingerprint density at radius 2 is 1.85 bits per heavy atom. The van der Waals surface area contributed by atoms with Gasteiger partial charge in [-0.3, -0.25) is 14.4 Å². The molecule has 1 atom stereocenters. The Hall–Kier alpha value is -1.89. The number of carbonyl (C=O) groups excluding carboxylic acids is 3. The predicted molar refractivity (Wildman–Crippen MR) is 103 cm³/mol. The van der Waals surface area contributed by atoms with E-state index in [-0.39, 0.29) is 23.1 Å². The first-order chi connectivity index (χ1) is 12.9. The first kappa shape index (κ1) is 18.5. The number of hydrogen-bond acceptors (Lipinski definition) is 4. The van der Waals surface area contributed by atoms with Crippen molar-refractivity contribution in [2.75, 3.05) is 39.3 Å². The molecule has 4 rings (SSSR count). The average Bonchev–Trinajstić information content (AvgIpc) is 3.37. The van der Waals surface area contributed by atoms with Gasteiger partial charge in [0.2, 0.25) is 11.8 Å². The summed E-state index contributed by atoms with van der Waals surface area (Å²) in [5, 5.41) is 1.92. The van der Waals surface area contributed by atoms with Crippen molar-refractivity contribution in [1.82, 2.24) is 14.7 Å². The highest BCUT2D eigenvalue weighted by Gasteiger charge is 2.65. The second-order valence-corrected chi connectivity index (χ2v) is 9.09. The zero-order valence-electron chi connectivity index (χ0n) is 16.1. The third-order valence-corrected chi connectivity index (χ3v) is 7.90. The van der Waals surface area contributed by atoms with Crippen LogP contribution in [0.3, 0.4) is 0 Å². The van der Waals surface area contributed by atoms with E-state index in [1.807, 2.05) is 39.1 Å². The van der Waals surface area contributed by atoms with Gasteiger partial charge in [0, 0.05) is 51.6 Å². The smallest absolute Gasteiger partial charge is 0.263 e. The van der Waals surface area contributed by atoms with Crippen LogP contribution in [0.2, 0.25) is 0 Å². The van der Waals surface area contributed by atoms with E-state index < -0.39 is 5.41 Å². The van der Waals surface area contributed by atoms with E-state index in [2.05, 4.69) is 0 Å². The molecule has 1 aromatic heterocycles. The van der Waals surface area contributed by atoms with E-state index in [4.69, 9.17) is 0 Å². The molecule has 27 heavy (non-hydrogen) atoms. The number of hydrogen-bond donors (Lipinski definition) is 0. The normalized spacial score (nSPS) is 27.2. The third kappa shape index (κ3) is 2.70. The van der Waals surface area contributed by atoms with Crippen LogP contribution in [0.5, 0.6) is 0 Å². The van der Waals surface area contributed by atoms with Gasteiger partial charge in [-0.2, -0.15) is 0 Å². The summed E-state index contributed by atoms with van der Waals surface area (Å²) in [6, 6.07) is 3.77.